The van der Waals surface area contributed by atoms with E-state index in [1.807, 2.05) is 51.1 Å². The van der Waals surface area contributed by atoms with Gasteiger partial charge in [0, 0.05) is 82.9 Å². The lowest BCUT2D eigenvalue weighted by Crippen LogP contribution is -2.49. The SMILES string of the molecule is C/C(=C\c1cc(F)cc(N2CCN(C(=O)Cn3cccn3)CC2)c1)[C@H]1OC(=O)C[C@H](O)CC[C@H](C)[C@@H](OC(=O)N2CCN(Cc3cccc(O)c3)CC2)/C=C\[C@@H]1C. The van der Waals surface area contributed by atoms with Crippen molar-refractivity contribution in [3.8, 4) is 5.75 Å². The number of anilines is 1. The lowest BCUT2D eigenvalue weighted by atomic mass is 9.91. The molecule has 2 amide bonds. The number of aliphatic hydroxyl groups is 1. The molecule has 4 heterocycles. The molecular formula is C43H55FN6O7. The Bertz CT molecular complexity index is 1890. The summed E-state index contributed by atoms with van der Waals surface area (Å²) in [5.41, 5.74) is 2.98. The zero-order chi connectivity index (χ0) is 40.5. The number of rotatable bonds is 8. The molecule has 2 N–H and O–H groups in total. The molecule has 6 rings (SSSR count). The van der Waals surface area contributed by atoms with Crippen LogP contribution in [-0.4, -0.2) is 123 Å². The van der Waals surface area contributed by atoms with Crippen LogP contribution in [-0.2, 0) is 32.2 Å². The van der Waals surface area contributed by atoms with Gasteiger partial charge in [-0.25, -0.2) is 9.18 Å². The smallest absolute Gasteiger partial charge is 0.410 e. The number of ether oxygens (including phenoxy) is 2. The summed E-state index contributed by atoms with van der Waals surface area (Å²) < 4.78 is 28.8. The van der Waals surface area contributed by atoms with E-state index >= 15 is 4.39 Å². The lowest BCUT2D eigenvalue weighted by Gasteiger charge is -2.36. The highest BCUT2D eigenvalue weighted by Crippen LogP contribution is 2.28. The molecule has 306 valence electrons. The molecular weight excluding hydrogens is 732 g/mol. The number of phenols is 1. The number of aliphatic hydroxyl groups excluding tert-OH is 1. The maximum Gasteiger partial charge on any atom is 0.410 e. The highest BCUT2D eigenvalue weighted by Gasteiger charge is 2.30. The molecule has 2 saturated heterocycles. The standard InChI is InChI=1S/C43H55FN6O7/c1-30-8-10-38(52)27-41(54)57-42(31(2)9-11-39(30)56-43(55)49-16-14-46(15-17-49)28-33-6-4-7-37(51)25-33)32(3)22-34-23-35(44)26-36(24-34)47-18-20-48(21-19-47)40(53)29-50-13-5-12-45-50/h4-7,9,11-13,22-26,30-31,38-39,42,51-52H,8,10,14-21,27-29H2,1-3H3/b11-9-,32-22+/t30-,31-,38+,39-,42-/m0/s1. The Morgan fingerprint density at radius 1 is 0.965 bits per heavy atom. The average Bonchev–Trinajstić information content (AvgIpc) is 3.70. The number of hydrogen-bond acceptors (Lipinski definition) is 10. The van der Waals surface area contributed by atoms with Gasteiger partial charge < -0.3 is 34.4 Å². The first-order chi connectivity index (χ1) is 27.4. The largest absolute Gasteiger partial charge is 0.508 e. The zero-order valence-corrected chi connectivity index (χ0v) is 33.1. The van der Waals surface area contributed by atoms with Crippen LogP contribution in [0.25, 0.3) is 6.08 Å². The molecule has 57 heavy (non-hydrogen) atoms. The molecule has 3 aliphatic heterocycles. The van der Waals surface area contributed by atoms with E-state index in [4.69, 9.17) is 9.47 Å². The van der Waals surface area contributed by atoms with Gasteiger partial charge in [-0.15, -0.1) is 0 Å². The van der Waals surface area contributed by atoms with Crippen LogP contribution in [0.4, 0.5) is 14.9 Å². The molecule has 0 aliphatic carbocycles. The fraction of sp³-hybridized carbons (Fsp3) is 0.488. The van der Waals surface area contributed by atoms with Crippen LogP contribution >= 0.6 is 0 Å². The maximum absolute atomic E-state index is 15.1. The molecule has 14 heteroatoms. The van der Waals surface area contributed by atoms with Crippen molar-refractivity contribution < 1.29 is 38.5 Å². The Hall–Kier alpha value is -5.21. The molecule has 1 aromatic heterocycles. The van der Waals surface area contributed by atoms with Gasteiger partial charge in [0.15, 0.2) is 0 Å². The molecule has 0 radical (unpaired) electrons. The minimum Gasteiger partial charge on any atom is -0.508 e. The van der Waals surface area contributed by atoms with Crippen molar-refractivity contribution in [1.29, 1.82) is 0 Å². The Labute approximate surface area is 333 Å². The Morgan fingerprint density at radius 3 is 2.44 bits per heavy atom. The van der Waals surface area contributed by atoms with Crippen molar-refractivity contribution in [2.45, 2.75) is 71.4 Å². The third-order valence-electron chi connectivity index (χ3n) is 11.0. The van der Waals surface area contributed by atoms with E-state index in [-0.39, 0.29) is 36.5 Å². The molecule has 3 aromatic rings. The normalized spacial score (nSPS) is 24.9. The summed E-state index contributed by atoms with van der Waals surface area (Å²) >= 11 is 0. The number of benzene rings is 2. The van der Waals surface area contributed by atoms with Crippen molar-refractivity contribution in [2.24, 2.45) is 11.8 Å². The summed E-state index contributed by atoms with van der Waals surface area (Å²) in [4.78, 5) is 47.1. The van der Waals surface area contributed by atoms with E-state index in [0.29, 0.717) is 88.6 Å². The maximum atomic E-state index is 15.1. The molecule has 0 bridgehead atoms. The number of aromatic nitrogens is 2. The predicted octanol–water partition coefficient (Wildman–Crippen LogP) is 5.09. The Morgan fingerprint density at radius 2 is 1.72 bits per heavy atom. The summed E-state index contributed by atoms with van der Waals surface area (Å²) in [5, 5.41) is 24.7. The van der Waals surface area contributed by atoms with E-state index < -0.39 is 36.2 Å². The highest BCUT2D eigenvalue weighted by atomic mass is 19.1. The number of carbonyl (C=O) groups is 3. The number of cyclic esters (lactones) is 1. The van der Waals surface area contributed by atoms with Gasteiger partial charge in [-0.05, 0) is 84.9 Å². The molecule has 2 fully saturated rings. The van der Waals surface area contributed by atoms with Crippen molar-refractivity contribution in [1.82, 2.24) is 24.5 Å². The fourth-order valence-corrected chi connectivity index (χ4v) is 7.70. The summed E-state index contributed by atoms with van der Waals surface area (Å²) in [6.45, 7) is 11.0. The van der Waals surface area contributed by atoms with Gasteiger partial charge in [0.25, 0.3) is 0 Å². The molecule has 2 aromatic carbocycles. The third-order valence-corrected chi connectivity index (χ3v) is 11.0. The third kappa shape index (κ3) is 11.7. The molecule has 0 saturated carbocycles. The summed E-state index contributed by atoms with van der Waals surface area (Å²) in [6.07, 6.45) is 7.00. The van der Waals surface area contributed by atoms with E-state index in [1.54, 1.807) is 51.2 Å². The Kier molecular flexibility index (Phi) is 14.0. The van der Waals surface area contributed by atoms with Crippen LogP contribution in [0.3, 0.4) is 0 Å². The first-order valence-electron chi connectivity index (χ1n) is 19.9. The number of halogens is 1. The van der Waals surface area contributed by atoms with E-state index in [1.165, 1.54) is 12.1 Å². The molecule has 5 atom stereocenters. The van der Waals surface area contributed by atoms with Crippen LogP contribution in [0, 0.1) is 17.7 Å². The number of piperazine rings is 2. The van der Waals surface area contributed by atoms with Gasteiger partial charge in [-0.2, -0.15) is 5.10 Å². The predicted molar refractivity (Wildman–Crippen MR) is 214 cm³/mol. The number of nitrogens with zero attached hydrogens (tertiary/aromatic N) is 6. The number of carbonyl (C=O) groups excluding carboxylic acids is 3. The fourth-order valence-electron chi connectivity index (χ4n) is 7.70. The minimum atomic E-state index is -0.924. The molecule has 13 nitrogen and oxygen atoms in total. The topological polar surface area (TPSA) is 141 Å². The van der Waals surface area contributed by atoms with Crippen LogP contribution in [0.2, 0.25) is 0 Å². The zero-order valence-electron chi connectivity index (χ0n) is 33.1. The van der Waals surface area contributed by atoms with Crippen LogP contribution in [0.5, 0.6) is 5.75 Å². The first-order valence-corrected chi connectivity index (χ1v) is 19.9. The number of hydrogen-bond donors (Lipinski definition) is 2. The van der Waals surface area contributed by atoms with Crippen molar-refractivity contribution in [3.63, 3.8) is 0 Å². The number of esters is 1. The van der Waals surface area contributed by atoms with Crippen molar-refractivity contribution >= 4 is 29.7 Å². The van der Waals surface area contributed by atoms with Crippen LogP contribution < -0.4 is 4.90 Å². The monoisotopic (exact) mass is 786 g/mol. The first kappa shape index (κ1) is 41.4. The van der Waals surface area contributed by atoms with Crippen molar-refractivity contribution in [2.75, 3.05) is 57.3 Å². The van der Waals surface area contributed by atoms with Gasteiger partial charge in [0.1, 0.15) is 30.3 Å². The van der Waals surface area contributed by atoms with Gasteiger partial charge in [-0.1, -0.05) is 38.1 Å². The number of aromatic hydroxyl groups is 1. The Balaban J connectivity index is 1.11. The number of amides is 2. The second-order valence-electron chi connectivity index (χ2n) is 15.6. The minimum absolute atomic E-state index is 0.0186. The van der Waals surface area contributed by atoms with E-state index in [2.05, 4.69) is 14.9 Å². The number of phenolic OH excluding ortho intramolecular Hbond substituents is 1. The van der Waals surface area contributed by atoms with Gasteiger partial charge in [-0.3, -0.25) is 19.2 Å². The van der Waals surface area contributed by atoms with Crippen molar-refractivity contribution in [3.05, 3.63) is 95.6 Å². The lowest BCUT2D eigenvalue weighted by molar-refractivity contribution is -0.151. The average molecular weight is 787 g/mol. The van der Waals surface area contributed by atoms with Crippen LogP contribution in [0.15, 0.2) is 78.6 Å². The van der Waals surface area contributed by atoms with E-state index in [9.17, 15) is 24.6 Å². The van der Waals surface area contributed by atoms with Gasteiger partial charge >= 0.3 is 12.1 Å². The molecule has 0 unspecified atom stereocenters. The summed E-state index contributed by atoms with van der Waals surface area (Å²) in [7, 11) is 0. The quantitative estimate of drug-likeness (QED) is 0.235. The highest BCUT2D eigenvalue weighted by molar-refractivity contribution is 5.76. The van der Waals surface area contributed by atoms with Gasteiger partial charge in [0.2, 0.25) is 5.91 Å². The molecule has 0 spiro atoms. The summed E-state index contributed by atoms with van der Waals surface area (Å²) in [5.74, 6) is -1.21. The van der Waals surface area contributed by atoms with Crippen LogP contribution in [0.1, 0.15) is 51.2 Å². The summed E-state index contributed by atoms with van der Waals surface area (Å²) in [6, 6.07) is 13.8. The van der Waals surface area contributed by atoms with E-state index in [0.717, 1.165) is 5.56 Å². The second kappa shape index (κ2) is 19.3. The molecule has 3 aliphatic rings. The van der Waals surface area contributed by atoms with Gasteiger partial charge in [0.05, 0.1) is 12.5 Å². The second-order valence-corrected chi connectivity index (χ2v) is 15.6.